The van der Waals surface area contributed by atoms with Crippen LogP contribution in [0.3, 0.4) is 0 Å². The van der Waals surface area contributed by atoms with Crippen LogP contribution in [0.2, 0.25) is 0 Å². The van der Waals surface area contributed by atoms with E-state index in [0.29, 0.717) is 6.54 Å². The number of hydrogen-bond acceptors (Lipinski definition) is 4. The SMILES string of the molecule is O=C(O)CCN1CCCC(OCC(=O)N2CCCCC2)C1. The van der Waals surface area contributed by atoms with Gasteiger partial charge in [0, 0.05) is 26.2 Å². The highest BCUT2D eigenvalue weighted by molar-refractivity contribution is 5.77. The van der Waals surface area contributed by atoms with Crippen LogP contribution in [0.25, 0.3) is 0 Å². The maximum absolute atomic E-state index is 12.0. The summed E-state index contributed by atoms with van der Waals surface area (Å²) in [6.07, 6.45) is 5.59. The van der Waals surface area contributed by atoms with Gasteiger partial charge >= 0.3 is 5.97 Å². The van der Waals surface area contributed by atoms with Crippen molar-refractivity contribution in [1.29, 1.82) is 0 Å². The molecule has 1 N–H and O–H groups in total. The van der Waals surface area contributed by atoms with E-state index in [-0.39, 0.29) is 25.0 Å². The zero-order valence-corrected chi connectivity index (χ0v) is 12.6. The number of carboxylic acid groups (broad SMARTS) is 1. The van der Waals surface area contributed by atoms with Gasteiger partial charge in [-0.2, -0.15) is 0 Å². The number of rotatable bonds is 6. The third-order valence-electron chi connectivity index (χ3n) is 4.26. The Bertz CT molecular complexity index is 356. The van der Waals surface area contributed by atoms with Crippen molar-refractivity contribution in [1.82, 2.24) is 9.80 Å². The van der Waals surface area contributed by atoms with Crippen LogP contribution < -0.4 is 0 Å². The molecule has 1 amide bonds. The summed E-state index contributed by atoms with van der Waals surface area (Å²) in [4.78, 5) is 26.7. The Morgan fingerprint density at radius 2 is 1.86 bits per heavy atom. The largest absolute Gasteiger partial charge is 0.481 e. The Hall–Kier alpha value is -1.14. The molecule has 2 aliphatic rings. The Morgan fingerprint density at radius 1 is 1.10 bits per heavy atom. The number of likely N-dealkylation sites (tertiary alicyclic amines) is 2. The normalized spacial score (nSPS) is 24.0. The summed E-state index contributed by atoms with van der Waals surface area (Å²) in [5.41, 5.74) is 0. The second kappa shape index (κ2) is 8.34. The highest BCUT2D eigenvalue weighted by Crippen LogP contribution is 2.14. The number of amides is 1. The van der Waals surface area contributed by atoms with Crippen LogP contribution in [0.1, 0.15) is 38.5 Å². The van der Waals surface area contributed by atoms with Crippen molar-refractivity contribution < 1.29 is 19.4 Å². The van der Waals surface area contributed by atoms with Crippen LogP contribution in [-0.2, 0) is 14.3 Å². The molecule has 2 heterocycles. The molecule has 0 radical (unpaired) electrons. The number of aliphatic carboxylic acids is 1. The number of carboxylic acids is 1. The van der Waals surface area contributed by atoms with Gasteiger partial charge in [-0.05, 0) is 38.6 Å². The van der Waals surface area contributed by atoms with Gasteiger partial charge in [0.1, 0.15) is 6.61 Å². The van der Waals surface area contributed by atoms with Crippen LogP contribution >= 0.6 is 0 Å². The van der Waals surface area contributed by atoms with Crippen molar-refractivity contribution >= 4 is 11.9 Å². The maximum Gasteiger partial charge on any atom is 0.304 e. The third kappa shape index (κ3) is 5.63. The highest BCUT2D eigenvalue weighted by Gasteiger charge is 2.23. The van der Waals surface area contributed by atoms with Crippen molar-refractivity contribution in [3.63, 3.8) is 0 Å². The minimum absolute atomic E-state index is 0.0567. The van der Waals surface area contributed by atoms with E-state index in [0.717, 1.165) is 51.9 Å². The predicted molar refractivity (Wildman–Crippen MR) is 78.1 cm³/mol. The summed E-state index contributed by atoms with van der Waals surface area (Å²) in [5, 5.41) is 8.72. The molecule has 0 bridgehead atoms. The van der Waals surface area contributed by atoms with Crippen molar-refractivity contribution in [2.75, 3.05) is 39.3 Å². The second-order valence-electron chi connectivity index (χ2n) is 5.96. The smallest absolute Gasteiger partial charge is 0.304 e. The summed E-state index contributed by atoms with van der Waals surface area (Å²) in [7, 11) is 0. The summed E-state index contributed by atoms with van der Waals surface area (Å²) in [5.74, 6) is -0.671. The molecule has 120 valence electrons. The molecular weight excluding hydrogens is 272 g/mol. The summed E-state index contributed by atoms with van der Waals surface area (Å²) >= 11 is 0. The van der Waals surface area contributed by atoms with Gasteiger partial charge in [-0.25, -0.2) is 0 Å². The molecule has 6 heteroatoms. The lowest BCUT2D eigenvalue weighted by Gasteiger charge is -2.33. The van der Waals surface area contributed by atoms with Gasteiger partial charge in [0.25, 0.3) is 0 Å². The lowest BCUT2D eigenvalue weighted by molar-refractivity contribution is -0.140. The molecular formula is C15H26N2O4. The average molecular weight is 298 g/mol. The van der Waals surface area contributed by atoms with E-state index in [1.165, 1.54) is 6.42 Å². The number of hydrogen-bond donors (Lipinski definition) is 1. The zero-order valence-electron chi connectivity index (χ0n) is 12.6. The van der Waals surface area contributed by atoms with Crippen LogP contribution in [0.4, 0.5) is 0 Å². The monoisotopic (exact) mass is 298 g/mol. The first-order valence-electron chi connectivity index (χ1n) is 7.98. The van der Waals surface area contributed by atoms with Crippen LogP contribution in [-0.4, -0.2) is 72.2 Å². The summed E-state index contributed by atoms with van der Waals surface area (Å²) < 4.78 is 5.75. The van der Waals surface area contributed by atoms with Gasteiger partial charge in [-0.1, -0.05) is 0 Å². The van der Waals surface area contributed by atoms with Gasteiger partial charge in [0.15, 0.2) is 0 Å². The van der Waals surface area contributed by atoms with E-state index in [4.69, 9.17) is 9.84 Å². The number of ether oxygens (including phenoxy) is 1. The molecule has 1 unspecified atom stereocenters. The van der Waals surface area contributed by atoms with E-state index in [9.17, 15) is 9.59 Å². The van der Waals surface area contributed by atoms with E-state index >= 15 is 0 Å². The molecule has 21 heavy (non-hydrogen) atoms. The number of carbonyl (C=O) groups is 2. The Morgan fingerprint density at radius 3 is 2.57 bits per heavy atom. The fourth-order valence-corrected chi connectivity index (χ4v) is 3.03. The van der Waals surface area contributed by atoms with E-state index < -0.39 is 5.97 Å². The van der Waals surface area contributed by atoms with Crippen LogP contribution in [0.15, 0.2) is 0 Å². The molecule has 2 saturated heterocycles. The predicted octanol–water partition coefficient (Wildman–Crippen LogP) is 0.955. The van der Waals surface area contributed by atoms with E-state index in [1.54, 1.807) is 0 Å². The molecule has 0 aromatic rings. The second-order valence-corrected chi connectivity index (χ2v) is 5.96. The summed E-state index contributed by atoms with van der Waals surface area (Å²) in [6, 6.07) is 0. The lowest BCUT2D eigenvalue weighted by Crippen LogP contribution is -2.43. The van der Waals surface area contributed by atoms with Gasteiger partial charge in [0.05, 0.1) is 12.5 Å². The van der Waals surface area contributed by atoms with E-state index in [1.807, 2.05) is 4.90 Å². The van der Waals surface area contributed by atoms with Crippen molar-refractivity contribution in [2.45, 2.75) is 44.6 Å². The number of nitrogens with zero attached hydrogens (tertiary/aromatic N) is 2. The van der Waals surface area contributed by atoms with Gasteiger partial charge < -0.3 is 19.6 Å². The minimum atomic E-state index is -0.765. The molecule has 0 spiro atoms. The minimum Gasteiger partial charge on any atom is -0.481 e. The molecule has 6 nitrogen and oxygen atoms in total. The summed E-state index contributed by atoms with van der Waals surface area (Å²) in [6.45, 7) is 4.11. The first-order valence-corrected chi connectivity index (χ1v) is 7.98. The number of piperidine rings is 2. The zero-order chi connectivity index (χ0) is 15.1. The third-order valence-corrected chi connectivity index (χ3v) is 4.26. The molecule has 2 fully saturated rings. The van der Waals surface area contributed by atoms with Crippen LogP contribution in [0.5, 0.6) is 0 Å². The Kier molecular flexibility index (Phi) is 6.45. The first-order chi connectivity index (χ1) is 10.1. The van der Waals surface area contributed by atoms with E-state index in [2.05, 4.69) is 4.90 Å². The van der Waals surface area contributed by atoms with Gasteiger partial charge in [-0.3, -0.25) is 9.59 Å². The Balaban J connectivity index is 1.67. The molecule has 0 aromatic heterocycles. The quantitative estimate of drug-likeness (QED) is 0.791. The van der Waals surface area contributed by atoms with Crippen LogP contribution in [0, 0.1) is 0 Å². The maximum atomic E-state index is 12.0. The standard InChI is InChI=1S/C15H26N2O4/c18-14(17-8-2-1-3-9-17)12-21-13-5-4-7-16(11-13)10-6-15(19)20/h13H,1-12H2,(H,19,20). The Labute approximate surface area is 126 Å². The molecule has 0 saturated carbocycles. The van der Waals surface area contributed by atoms with Gasteiger partial charge in [-0.15, -0.1) is 0 Å². The average Bonchev–Trinajstić information content (AvgIpc) is 2.52. The van der Waals surface area contributed by atoms with Crippen molar-refractivity contribution in [3.8, 4) is 0 Å². The molecule has 0 aliphatic carbocycles. The van der Waals surface area contributed by atoms with Crippen molar-refractivity contribution in [3.05, 3.63) is 0 Å². The van der Waals surface area contributed by atoms with Gasteiger partial charge in [0.2, 0.25) is 5.91 Å². The fourth-order valence-electron chi connectivity index (χ4n) is 3.03. The number of carbonyl (C=O) groups excluding carboxylic acids is 1. The first kappa shape index (κ1) is 16.2. The van der Waals surface area contributed by atoms with Crippen molar-refractivity contribution in [2.24, 2.45) is 0 Å². The molecule has 0 aromatic carbocycles. The highest BCUT2D eigenvalue weighted by atomic mass is 16.5. The lowest BCUT2D eigenvalue weighted by atomic mass is 10.1. The topological polar surface area (TPSA) is 70.1 Å². The molecule has 2 rings (SSSR count). The fraction of sp³-hybridized carbons (Fsp3) is 0.867. The molecule has 1 atom stereocenters. The molecule has 2 aliphatic heterocycles.